The summed E-state index contributed by atoms with van der Waals surface area (Å²) in [4.78, 5) is 22.7. The largest absolute Gasteiger partial charge is 0.366 e. The molecule has 8 heteroatoms. The van der Waals surface area contributed by atoms with E-state index in [0.717, 1.165) is 38.5 Å². The van der Waals surface area contributed by atoms with Crippen molar-refractivity contribution in [1.82, 2.24) is 5.32 Å². The zero-order chi connectivity index (χ0) is 15.4. The topological polar surface area (TPSA) is 102 Å². The third-order valence-corrected chi connectivity index (χ3v) is 3.81. The number of piperidine rings is 1. The molecule has 0 amide bonds. The van der Waals surface area contributed by atoms with Gasteiger partial charge in [-0.25, -0.2) is 0 Å². The zero-order valence-corrected chi connectivity index (χ0v) is 11.8. The Hall–Kier alpha value is -2.22. The van der Waals surface area contributed by atoms with Crippen molar-refractivity contribution in [2.75, 3.05) is 31.6 Å². The Kier molecular flexibility index (Phi) is 4.69. The summed E-state index contributed by atoms with van der Waals surface area (Å²) >= 11 is 0. The fraction of sp³-hybridized carbons (Fsp3) is 0.538. The van der Waals surface area contributed by atoms with E-state index in [4.69, 9.17) is 0 Å². The first kappa shape index (κ1) is 15.2. The lowest BCUT2D eigenvalue weighted by Gasteiger charge is -2.33. The first-order valence-corrected chi connectivity index (χ1v) is 6.85. The zero-order valence-electron chi connectivity index (χ0n) is 11.8. The minimum absolute atomic E-state index is 0.198. The van der Waals surface area contributed by atoms with E-state index >= 15 is 0 Å². The van der Waals surface area contributed by atoms with Crippen molar-refractivity contribution in [3.63, 3.8) is 0 Å². The number of nitro benzene ring substituents is 2. The molecule has 0 unspecified atom stereocenters. The Bertz CT molecular complexity index is 541. The molecule has 2 rings (SSSR count). The maximum absolute atomic E-state index is 11.2. The molecule has 1 aliphatic heterocycles. The molecule has 1 heterocycles. The van der Waals surface area contributed by atoms with E-state index in [9.17, 15) is 20.2 Å². The molecule has 21 heavy (non-hydrogen) atoms. The molecule has 1 fully saturated rings. The number of nitrogens with one attached hydrogen (secondary N) is 1. The number of anilines is 1. The second-order valence-corrected chi connectivity index (χ2v) is 5.18. The third-order valence-electron chi connectivity index (χ3n) is 3.81. The second-order valence-electron chi connectivity index (χ2n) is 5.18. The summed E-state index contributed by atoms with van der Waals surface area (Å²) in [6, 6.07) is 3.84. The highest BCUT2D eigenvalue weighted by Crippen LogP contribution is 2.34. The predicted octanol–water partition coefficient (Wildman–Crippen LogP) is 1.94. The van der Waals surface area contributed by atoms with Crippen molar-refractivity contribution in [3.05, 3.63) is 38.4 Å². The van der Waals surface area contributed by atoms with Gasteiger partial charge in [0.25, 0.3) is 11.4 Å². The molecule has 8 nitrogen and oxygen atoms in total. The van der Waals surface area contributed by atoms with Gasteiger partial charge in [0, 0.05) is 19.2 Å². The first-order chi connectivity index (χ1) is 10.0. The smallest absolute Gasteiger partial charge is 0.299 e. The van der Waals surface area contributed by atoms with Gasteiger partial charge in [-0.1, -0.05) is 0 Å². The molecule has 0 bridgehead atoms. The fourth-order valence-electron chi connectivity index (χ4n) is 2.71. The van der Waals surface area contributed by atoms with Crippen molar-refractivity contribution in [2.24, 2.45) is 5.92 Å². The number of hydrogen-bond acceptors (Lipinski definition) is 6. The first-order valence-electron chi connectivity index (χ1n) is 6.85. The monoisotopic (exact) mass is 294 g/mol. The maximum atomic E-state index is 11.2. The molecule has 114 valence electrons. The van der Waals surface area contributed by atoms with Gasteiger partial charge in [0.1, 0.15) is 5.69 Å². The lowest BCUT2D eigenvalue weighted by molar-refractivity contribution is -0.393. The SMILES string of the molecule is CNCC1CCN(c2ccc([N+](=O)[O-])cc2[N+](=O)[O-])CC1. The van der Waals surface area contributed by atoms with E-state index in [-0.39, 0.29) is 11.4 Å². The summed E-state index contributed by atoms with van der Waals surface area (Å²) in [5.74, 6) is 0.573. The van der Waals surface area contributed by atoms with Crippen molar-refractivity contribution >= 4 is 17.1 Å². The molecular weight excluding hydrogens is 276 g/mol. The summed E-state index contributed by atoms with van der Waals surface area (Å²) in [6.07, 6.45) is 1.91. The van der Waals surface area contributed by atoms with E-state index in [0.29, 0.717) is 11.6 Å². The minimum atomic E-state index is -0.615. The molecule has 0 saturated carbocycles. The van der Waals surface area contributed by atoms with Gasteiger partial charge in [-0.05, 0) is 38.4 Å². The van der Waals surface area contributed by atoms with E-state index in [1.165, 1.54) is 12.1 Å². The lowest BCUT2D eigenvalue weighted by Crippen LogP contribution is -2.37. The quantitative estimate of drug-likeness (QED) is 0.657. The molecule has 1 saturated heterocycles. The average Bonchev–Trinajstić information content (AvgIpc) is 2.47. The molecule has 0 aliphatic carbocycles. The molecule has 1 aliphatic rings. The van der Waals surface area contributed by atoms with Crippen LogP contribution in [0.4, 0.5) is 17.1 Å². The summed E-state index contributed by atoms with van der Waals surface area (Å²) in [7, 11) is 1.91. The van der Waals surface area contributed by atoms with Crippen LogP contribution in [0.25, 0.3) is 0 Å². The van der Waals surface area contributed by atoms with Gasteiger partial charge in [-0.3, -0.25) is 20.2 Å². The maximum Gasteiger partial charge on any atom is 0.299 e. The number of nitrogens with zero attached hydrogens (tertiary/aromatic N) is 3. The molecule has 1 aromatic rings. The Morgan fingerprint density at radius 2 is 1.90 bits per heavy atom. The number of nitro groups is 2. The van der Waals surface area contributed by atoms with Crippen LogP contribution in [0.1, 0.15) is 12.8 Å². The van der Waals surface area contributed by atoms with Crippen molar-refractivity contribution in [3.8, 4) is 0 Å². The van der Waals surface area contributed by atoms with Crippen molar-refractivity contribution < 1.29 is 9.85 Å². The number of hydrogen-bond donors (Lipinski definition) is 1. The van der Waals surface area contributed by atoms with Crippen LogP contribution >= 0.6 is 0 Å². The summed E-state index contributed by atoms with van der Waals surface area (Å²) in [6.45, 7) is 2.40. The Balaban J connectivity index is 2.20. The molecule has 0 aromatic heterocycles. The van der Waals surface area contributed by atoms with Crippen LogP contribution in [-0.4, -0.2) is 36.5 Å². The highest BCUT2D eigenvalue weighted by atomic mass is 16.6. The van der Waals surface area contributed by atoms with Gasteiger partial charge in [-0.15, -0.1) is 0 Å². The van der Waals surface area contributed by atoms with Crippen molar-refractivity contribution in [2.45, 2.75) is 12.8 Å². The molecular formula is C13H18N4O4. The number of benzene rings is 1. The minimum Gasteiger partial charge on any atom is -0.366 e. The van der Waals surface area contributed by atoms with Gasteiger partial charge in [0.15, 0.2) is 0 Å². The van der Waals surface area contributed by atoms with Crippen LogP contribution in [0, 0.1) is 26.1 Å². The lowest BCUT2D eigenvalue weighted by atomic mass is 9.96. The molecule has 0 radical (unpaired) electrons. The molecule has 0 atom stereocenters. The number of non-ortho nitro benzene ring substituents is 1. The number of rotatable bonds is 5. The van der Waals surface area contributed by atoms with Gasteiger partial charge in [0.05, 0.1) is 15.9 Å². The standard InChI is InChI=1S/C13H18N4O4/c1-14-9-10-4-6-15(7-5-10)12-3-2-11(16(18)19)8-13(12)17(20)21/h2-3,8,10,14H,4-7,9H2,1H3. The van der Waals surface area contributed by atoms with E-state index in [1.54, 1.807) is 0 Å². The Labute approximate surface area is 122 Å². The van der Waals surface area contributed by atoms with Crippen LogP contribution in [0.2, 0.25) is 0 Å². The summed E-state index contributed by atoms with van der Waals surface area (Å²) in [5.41, 5.74) is 0.0142. The average molecular weight is 294 g/mol. The normalized spacial score (nSPS) is 16.0. The summed E-state index contributed by atoms with van der Waals surface area (Å²) in [5, 5.41) is 25.0. The second kappa shape index (κ2) is 6.49. The van der Waals surface area contributed by atoms with Crippen LogP contribution in [0.15, 0.2) is 18.2 Å². The van der Waals surface area contributed by atoms with E-state index in [1.807, 2.05) is 11.9 Å². The highest BCUT2D eigenvalue weighted by molar-refractivity contribution is 5.67. The molecule has 1 aromatic carbocycles. The molecule has 1 N–H and O–H groups in total. The van der Waals surface area contributed by atoms with Crippen LogP contribution in [-0.2, 0) is 0 Å². The predicted molar refractivity (Wildman–Crippen MR) is 78.6 cm³/mol. The summed E-state index contributed by atoms with van der Waals surface area (Å²) < 4.78 is 0. The van der Waals surface area contributed by atoms with Crippen LogP contribution in [0.5, 0.6) is 0 Å². The van der Waals surface area contributed by atoms with Gasteiger partial charge < -0.3 is 10.2 Å². The fourth-order valence-corrected chi connectivity index (χ4v) is 2.71. The van der Waals surface area contributed by atoms with E-state index < -0.39 is 9.85 Å². The Morgan fingerprint density at radius 1 is 1.24 bits per heavy atom. The van der Waals surface area contributed by atoms with E-state index in [2.05, 4.69) is 5.32 Å². The Morgan fingerprint density at radius 3 is 2.43 bits per heavy atom. The third kappa shape index (κ3) is 3.46. The van der Waals surface area contributed by atoms with Gasteiger partial charge in [-0.2, -0.15) is 0 Å². The van der Waals surface area contributed by atoms with Gasteiger partial charge in [0.2, 0.25) is 0 Å². The van der Waals surface area contributed by atoms with Crippen LogP contribution < -0.4 is 10.2 Å². The molecule has 0 spiro atoms. The van der Waals surface area contributed by atoms with Crippen molar-refractivity contribution in [1.29, 1.82) is 0 Å². The van der Waals surface area contributed by atoms with Gasteiger partial charge >= 0.3 is 0 Å². The van der Waals surface area contributed by atoms with Crippen LogP contribution in [0.3, 0.4) is 0 Å². The highest BCUT2D eigenvalue weighted by Gasteiger charge is 2.26.